The Hall–Kier alpha value is -2.68. The molecule has 0 radical (unpaired) electrons. The predicted molar refractivity (Wildman–Crippen MR) is 81.8 cm³/mol. The van der Waals surface area contributed by atoms with Gasteiger partial charge < -0.3 is 10.4 Å². The van der Waals surface area contributed by atoms with Gasteiger partial charge in [-0.05, 0) is 30.3 Å². The Morgan fingerprint density at radius 2 is 1.78 bits per heavy atom. The summed E-state index contributed by atoms with van der Waals surface area (Å²) >= 11 is 3.14. The Bertz CT molecular complexity index is 771. The summed E-state index contributed by atoms with van der Waals surface area (Å²) in [5, 5.41) is 11.7. The molecule has 0 aliphatic rings. The van der Waals surface area contributed by atoms with E-state index in [1.807, 2.05) is 10.9 Å². The smallest absolute Gasteiger partial charge is 0.338 e. The lowest BCUT2D eigenvalue weighted by Crippen LogP contribution is -2.44. The normalized spacial score (nSPS) is 10.0. The zero-order chi connectivity index (χ0) is 17.0. The van der Waals surface area contributed by atoms with Gasteiger partial charge in [0.15, 0.2) is 0 Å². The van der Waals surface area contributed by atoms with Crippen LogP contribution in [0.3, 0.4) is 0 Å². The van der Waals surface area contributed by atoms with Crippen LogP contribution in [-0.2, 0) is 0 Å². The van der Waals surface area contributed by atoms with Crippen molar-refractivity contribution in [3.05, 3.63) is 58.1 Å². The second kappa shape index (κ2) is 7.05. The molecule has 0 saturated carbocycles. The summed E-state index contributed by atoms with van der Waals surface area (Å²) in [5.41, 5.74) is 3.68. The van der Waals surface area contributed by atoms with Crippen molar-refractivity contribution in [2.24, 2.45) is 0 Å². The Morgan fingerprint density at radius 3 is 2.48 bits per heavy atom. The minimum Gasteiger partial charge on any atom is -0.507 e. The van der Waals surface area contributed by atoms with Crippen LogP contribution in [0.5, 0.6) is 5.75 Å². The maximum Gasteiger partial charge on any atom is 0.338 e. The van der Waals surface area contributed by atoms with E-state index in [4.69, 9.17) is 0 Å². The van der Waals surface area contributed by atoms with Gasteiger partial charge in [0.25, 0.3) is 5.91 Å². The molecule has 2 aromatic rings. The summed E-state index contributed by atoms with van der Waals surface area (Å²) < 4.78 is 26.7. The van der Waals surface area contributed by atoms with Gasteiger partial charge in [0.2, 0.25) is 0 Å². The third-order valence-electron chi connectivity index (χ3n) is 2.67. The molecule has 0 fully saturated rings. The molecule has 0 saturated heterocycles. The minimum atomic E-state index is -0.962. The molecule has 0 heterocycles. The Morgan fingerprint density at radius 1 is 1.04 bits per heavy atom. The third kappa shape index (κ3) is 4.39. The molecule has 120 valence electrons. The lowest BCUT2D eigenvalue weighted by atomic mass is 10.2. The SMILES string of the molecule is O=C(NNC(=O)c1cc(Br)ccc1O)Nc1ccc(F)cc1F. The number of hydrazine groups is 1. The maximum absolute atomic E-state index is 13.4. The number of nitrogens with one attached hydrogen (secondary N) is 3. The molecule has 0 atom stereocenters. The average Bonchev–Trinajstić information content (AvgIpc) is 2.50. The second-order valence-corrected chi connectivity index (χ2v) is 5.23. The summed E-state index contributed by atoms with van der Waals surface area (Å²) in [6, 6.07) is 5.84. The van der Waals surface area contributed by atoms with E-state index >= 15 is 0 Å². The molecule has 0 aromatic heterocycles. The van der Waals surface area contributed by atoms with E-state index in [0.29, 0.717) is 10.5 Å². The molecule has 6 nitrogen and oxygen atoms in total. The molecule has 0 aliphatic carbocycles. The van der Waals surface area contributed by atoms with Crippen molar-refractivity contribution in [2.75, 3.05) is 5.32 Å². The number of anilines is 1. The summed E-state index contributed by atoms with van der Waals surface area (Å²) in [5.74, 6) is -2.81. The van der Waals surface area contributed by atoms with Gasteiger partial charge in [-0.3, -0.25) is 10.2 Å². The van der Waals surface area contributed by atoms with Gasteiger partial charge >= 0.3 is 6.03 Å². The molecule has 0 aliphatic heterocycles. The molecule has 0 unspecified atom stereocenters. The number of carbonyl (C=O) groups excluding carboxylic acids is 2. The van der Waals surface area contributed by atoms with Gasteiger partial charge in [-0.2, -0.15) is 0 Å². The molecule has 2 aromatic carbocycles. The standard InChI is InChI=1S/C14H10BrF2N3O3/c15-7-1-4-12(21)9(5-7)13(22)19-20-14(23)18-11-3-2-8(16)6-10(11)17/h1-6,21H,(H,19,22)(H2,18,20,23). The number of urea groups is 1. The van der Waals surface area contributed by atoms with Gasteiger partial charge in [0, 0.05) is 10.5 Å². The number of carbonyl (C=O) groups is 2. The van der Waals surface area contributed by atoms with Gasteiger partial charge in [0.1, 0.15) is 17.4 Å². The molecule has 4 N–H and O–H groups in total. The number of aromatic hydroxyl groups is 1. The van der Waals surface area contributed by atoms with Crippen molar-refractivity contribution in [1.29, 1.82) is 0 Å². The number of benzene rings is 2. The van der Waals surface area contributed by atoms with E-state index in [9.17, 15) is 23.5 Å². The lowest BCUT2D eigenvalue weighted by Gasteiger charge is -2.10. The van der Waals surface area contributed by atoms with Crippen LogP contribution in [0.25, 0.3) is 0 Å². The second-order valence-electron chi connectivity index (χ2n) is 4.32. The Labute approximate surface area is 137 Å². The first-order valence-electron chi connectivity index (χ1n) is 6.17. The number of halogens is 3. The summed E-state index contributed by atoms with van der Waals surface area (Å²) in [7, 11) is 0. The van der Waals surface area contributed by atoms with E-state index in [2.05, 4.69) is 21.2 Å². The monoisotopic (exact) mass is 385 g/mol. The highest BCUT2D eigenvalue weighted by molar-refractivity contribution is 9.10. The molecule has 3 amide bonds. The van der Waals surface area contributed by atoms with E-state index < -0.39 is 23.6 Å². The minimum absolute atomic E-state index is 0.0763. The van der Waals surface area contributed by atoms with Crippen LogP contribution < -0.4 is 16.2 Å². The maximum atomic E-state index is 13.4. The van der Waals surface area contributed by atoms with Crippen molar-refractivity contribution in [2.45, 2.75) is 0 Å². The summed E-state index contributed by atoms with van der Waals surface area (Å²) in [4.78, 5) is 23.4. The zero-order valence-electron chi connectivity index (χ0n) is 11.4. The van der Waals surface area contributed by atoms with Crippen LogP contribution in [0.4, 0.5) is 19.3 Å². The number of hydrogen-bond donors (Lipinski definition) is 4. The van der Waals surface area contributed by atoms with Crippen LogP contribution >= 0.6 is 15.9 Å². The fourth-order valence-electron chi connectivity index (χ4n) is 1.62. The molecule has 0 bridgehead atoms. The third-order valence-corrected chi connectivity index (χ3v) is 3.17. The number of phenolic OH excluding ortho intramolecular Hbond substituents is 1. The van der Waals surface area contributed by atoms with E-state index in [-0.39, 0.29) is 17.0 Å². The van der Waals surface area contributed by atoms with Crippen LogP contribution in [-0.4, -0.2) is 17.0 Å². The molecule has 9 heteroatoms. The van der Waals surface area contributed by atoms with Gasteiger partial charge in [-0.25, -0.2) is 19.0 Å². The van der Waals surface area contributed by atoms with Crippen molar-refractivity contribution in [3.63, 3.8) is 0 Å². The number of hydrogen-bond acceptors (Lipinski definition) is 3. The summed E-state index contributed by atoms with van der Waals surface area (Å²) in [6.45, 7) is 0. The van der Waals surface area contributed by atoms with E-state index in [0.717, 1.165) is 12.1 Å². The fraction of sp³-hybridized carbons (Fsp3) is 0. The van der Waals surface area contributed by atoms with Gasteiger partial charge in [-0.15, -0.1) is 0 Å². The lowest BCUT2D eigenvalue weighted by molar-refractivity contribution is 0.0935. The highest BCUT2D eigenvalue weighted by Crippen LogP contribution is 2.21. The van der Waals surface area contributed by atoms with Crippen LogP contribution in [0.15, 0.2) is 40.9 Å². The number of phenols is 1. The molecule has 2 rings (SSSR count). The van der Waals surface area contributed by atoms with Crippen molar-refractivity contribution in [3.8, 4) is 5.75 Å². The first kappa shape index (κ1) is 16.7. The summed E-state index contributed by atoms with van der Waals surface area (Å²) in [6.07, 6.45) is 0. The quantitative estimate of drug-likeness (QED) is 0.599. The number of rotatable bonds is 2. The largest absolute Gasteiger partial charge is 0.507 e. The Balaban J connectivity index is 1.96. The molecule has 0 spiro atoms. The average molecular weight is 386 g/mol. The molecular formula is C14H10BrF2N3O3. The first-order chi connectivity index (χ1) is 10.9. The first-order valence-corrected chi connectivity index (χ1v) is 6.97. The molecular weight excluding hydrogens is 376 g/mol. The predicted octanol–water partition coefficient (Wildman–Crippen LogP) is 2.90. The van der Waals surface area contributed by atoms with Crippen molar-refractivity contribution >= 4 is 33.6 Å². The van der Waals surface area contributed by atoms with E-state index in [1.54, 1.807) is 0 Å². The highest BCUT2D eigenvalue weighted by Gasteiger charge is 2.13. The fourth-order valence-corrected chi connectivity index (χ4v) is 1.98. The zero-order valence-corrected chi connectivity index (χ0v) is 12.9. The van der Waals surface area contributed by atoms with Crippen LogP contribution in [0.1, 0.15) is 10.4 Å². The van der Waals surface area contributed by atoms with Crippen molar-refractivity contribution < 1.29 is 23.5 Å². The topological polar surface area (TPSA) is 90.5 Å². The van der Waals surface area contributed by atoms with E-state index in [1.165, 1.54) is 18.2 Å². The van der Waals surface area contributed by atoms with Crippen molar-refractivity contribution in [1.82, 2.24) is 10.9 Å². The Kier molecular flexibility index (Phi) is 5.12. The van der Waals surface area contributed by atoms with Gasteiger partial charge in [-0.1, -0.05) is 15.9 Å². The number of amides is 3. The van der Waals surface area contributed by atoms with Crippen LogP contribution in [0.2, 0.25) is 0 Å². The molecule has 23 heavy (non-hydrogen) atoms. The highest BCUT2D eigenvalue weighted by atomic mass is 79.9. The van der Waals surface area contributed by atoms with Crippen LogP contribution in [0, 0.1) is 11.6 Å². The van der Waals surface area contributed by atoms with Gasteiger partial charge in [0.05, 0.1) is 11.3 Å².